The van der Waals surface area contributed by atoms with Crippen LogP contribution in [0.3, 0.4) is 0 Å². The fraction of sp³-hybridized carbons (Fsp3) is 0.615. The second kappa shape index (κ2) is 5.69. The lowest BCUT2D eigenvalue weighted by molar-refractivity contribution is -0.135. The molecular weight excluding hydrogens is 248 g/mol. The van der Waals surface area contributed by atoms with Gasteiger partial charge in [-0.1, -0.05) is 25.6 Å². The summed E-state index contributed by atoms with van der Waals surface area (Å²) in [5.41, 5.74) is 2.11. The van der Waals surface area contributed by atoms with Gasteiger partial charge in [0.1, 0.15) is 0 Å². The molecule has 0 N–H and O–H groups in total. The summed E-state index contributed by atoms with van der Waals surface area (Å²) in [6.07, 6.45) is 1.90. The molecule has 0 unspecified atom stereocenters. The van der Waals surface area contributed by atoms with E-state index < -0.39 is 0 Å². The molecule has 0 spiro atoms. The van der Waals surface area contributed by atoms with Gasteiger partial charge in [-0.25, -0.2) is 0 Å². The molecule has 0 saturated heterocycles. The van der Waals surface area contributed by atoms with Crippen LogP contribution in [0.4, 0.5) is 0 Å². The van der Waals surface area contributed by atoms with E-state index >= 15 is 0 Å². The minimum atomic E-state index is -0.233. The highest BCUT2D eigenvalue weighted by molar-refractivity contribution is 8.16. The number of nitrogens with zero attached hydrogens (tertiary/aromatic N) is 2. The molecule has 100 valence electrons. The Kier molecular flexibility index (Phi) is 4.73. The lowest BCUT2D eigenvalue weighted by Gasteiger charge is -2.20. The molecule has 0 aromatic carbocycles. The molecule has 1 aliphatic heterocycles. The Morgan fingerprint density at radius 2 is 1.83 bits per heavy atom. The molecule has 1 heterocycles. The van der Waals surface area contributed by atoms with Crippen LogP contribution in [0.2, 0.25) is 0 Å². The SMILES string of the molecule is CCC(C)(CC)N=CSC1=C(C)C(=O)N(C)C1=O. The third kappa shape index (κ3) is 2.83. The lowest BCUT2D eigenvalue weighted by atomic mass is 9.97. The summed E-state index contributed by atoms with van der Waals surface area (Å²) in [7, 11) is 1.50. The molecule has 4 nitrogen and oxygen atoms in total. The number of carbonyl (C=O) groups is 2. The van der Waals surface area contributed by atoms with Crippen LogP contribution >= 0.6 is 11.8 Å². The largest absolute Gasteiger partial charge is 0.280 e. The summed E-state index contributed by atoms with van der Waals surface area (Å²) < 4.78 is 0. The smallest absolute Gasteiger partial charge is 0.267 e. The fourth-order valence-corrected chi connectivity index (χ4v) is 2.45. The van der Waals surface area contributed by atoms with Gasteiger partial charge in [0.2, 0.25) is 0 Å². The maximum absolute atomic E-state index is 11.8. The molecule has 0 fully saturated rings. The van der Waals surface area contributed by atoms with Gasteiger partial charge >= 0.3 is 0 Å². The molecule has 2 amide bonds. The van der Waals surface area contributed by atoms with Crippen LogP contribution in [-0.2, 0) is 9.59 Å². The standard InChI is InChI=1S/C13H20N2O2S/c1-6-13(4,7-2)14-8-18-10-9(3)11(16)15(5)12(10)17/h8H,6-7H2,1-5H3. The first-order valence-corrected chi connectivity index (χ1v) is 6.98. The maximum Gasteiger partial charge on any atom is 0.267 e. The Morgan fingerprint density at radius 3 is 2.22 bits per heavy atom. The van der Waals surface area contributed by atoms with Gasteiger partial charge in [-0.15, -0.1) is 0 Å². The third-order valence-corrected chi connectivity index (χ3v) is 4.45. The highest BCUT2D eigenvalue weighted by atomic mass is 32.2. The first kappa shape index (κ1) is 15.0. The van der Waals surface area contributed by atoms with Crippen molar-refractivity contribution in [3.8, 4) is 0 Å². The zero-order valence-corrected chi connectivity index (χ0v) is 12.4. The van der Waals surface area contributed by atoms with E-state index in [-0.39, 0.29) is 17.4 Å². The average Bonchev–Trinajstić information content (AvgIpc) is 2.56. The fourth-order valence-electron chi connectivity index (χ4n) is 1.53. The second-order valence-corrected chi connectivity index (χ2v) is 5.53. The summed E-state index contributed by atoms with van der Waals surface area (Å²) in [6.45, 7) is 7.94. The number of likely N-dealkylation sites (N-methyl/N-ethyl adjacent to an activating group) is 1. The predicted molar refractivity (Wildman–Crippen MR) is 75.5 cm³/mol. The minimum absolute atomic E-state index is 0.0843. The topological polar surface area (TPSA) is 49.7 Å². The molecule has 18 heavy (non-hydrogen) atoms. The first-order valence-electron chi connectivity index (χ1n) is 6.10. The van der Waals surface area contributed by atoms with Crippen molar-refractivity contribution < 1.29 is 9.59 Å². The van der Waals surface area contributed by atoms with E-state index in [1.807, 2.05) is 0 Å². The highest BCUT2D eigenvalue weighted by Crippen LogP contribution is 2.28. The number of carbonyl (C=O) groups excluding carboxylic acids is 2. The van der Waals surface area contributed by atoms with Crippen molar-refractivity contribution in [2.45, 2.75) is 46.1 Å². The lowest BCUT2D eigenvalue weighted by Crippen LogP contribution is -2.26. The van der Waals surface area contributed by atoms with Crippen LogP contribution in [-0.4, -0.2) is 34.8 Å². The molecule has 0 radical (unpaired) electrons. The molecule has 0 bridgehead atoms. The van der Waals surface area contributed by atoms with Crippen molar-refractivity contribution in [3.63, 3.8) is 0 Å². The molecule has 0 saturated carbocycles. The maximum atomic E-state index is 11.8. The van der Waals surface area contributed by atoms with Crippen molar-refractivity contribution in [3.05, 3.63) is 10.5 Å². The molecule has 5 heteroatoms. The van der Waals surface area contributed by atoms with Crippen molar-refractivity contribution in [1.82, 2.24) is 4.90 Å². The van der Waals surface area contributed by atoms with Crippen LogP contribution in [0, 0.1) is 0 Å². The Hall–Kier alpha value is -1.10. The number of hydrogen-bond acceptors (Lipinski definition) is 4. The van der Waals surface area contributed by atoms with E-state index in [0.717, 1.165) is 17.7 Å². The summed E-state index contributed by atoms with van der Waals surface area (Å²) >= 11 is 1.24. The number of hydrogen-bond donors (Lipinski definition) is 0. The normalized spacial score (nSPS) is 17.5. The van der Waals surface area contributed by atoms with E-state index in [0.29, 0.717) is 10.5 Å². The van der Waals surface area contributed by atoms with Gasteiger partial charge in [-0.3, -0.25) is 19.5 Å². The quantitative estimate of drug-likeness (QED) is 0.437. The van der Waals surface area contributed by atoms with Gasteiger partial charge in [0, 0.05) is 12.6 Å². The minimum Gasteiger partial charge on any atom is -0.280 e. The van der Waals surface area contributed by atoms with E-state index in [1.54, 1.807) is 12.5 Å². The van der Waals surface area contributed by atoms with Gasteiger partial charge in [0.05, 0.1) is 16.0 Å². The highest BCUT2D eigenvalue weighted by Gasteiger charge is 2.33. The molecule has 0 aromatic heterocycles. The molecule has 0 atom stereocenters. The monoisotopic (exact) mass is 268 g/mol. The second-order valence-electron chi connectivity index (χ2n) is 4.68. The predicted octanol–water partition coefficient (Wildman–Crippen LogP) is 2.60. The van der Waals surface area contributed by atoms with Gasteiger partial charge in [-0.2, -0.15) is 0 Å². The van der Waals surface area contributed by atoms with E-state index in [4.69, 9.17) is 0 Å². The summed E-state index contributed by atoms with van der Waals surface area (Å²) in [4.78, 5) is 29.5. The van der Waals surface area contributed by atoms with Gasteiger partial charge in [0.15, 0.2) is 0 Å². The third-order valence-electron chi connectivity index (χ3n) is 3.52. The Bertz CT molecular complexity index is 423. The van der Waals surface area contributed by atoms with Crippen molar-refractivity contribution >= 4 is 29.1 Å². The van der Waals surface area contributed by atoms with Crippen LogP contribution in [0.15, 0.2) is 15.5 Å². The average molecular weight is 268 g/mol. The van der Waals surface area contributed by atoms with Crippen molar-refractivity contribution in [2.75, 3.05) is 7.05 Å². The first-order chi connectivity index (χ1) is 8.36. The summed E-state index contributed by atoms with van der Waals surface area (Å²) in [5.74, 6) is -0.451. The van der Waals surface area contributed by atoms with Crippen molar-refractivity contribution in [2.24, 2.45) is 4.99 Å². The number of aliphatic imine (C=N–C) groups is 1. The Morgan fingerprint density at radius 1 is 1.28 bits per heavy atom. The van der Waals surface area contributed by atoms with Gasteiger partial charge in [-0.05, 0) is 26.7 Å². The van der Waals surface area contributed by atoms with Crippen LogP contribution < -0.4 is 0 Å². The van der Waals surface area contributed by atoms with Crippen molar-refractivity contribution in [1.29, 1.82) is 0 Å². The Balaban J connectivity index is 2.79. The van der Waals surface area contributed by atoms with Crippen LogP contribution in [0.25, 0.3) is 0 Å². The molecular formula is C13H20N2O2S. The van der Waals surface area contributed by atoms with Crippen LogP contribution in [0.1, 0.15) is 40.5 Å². The number of imide groups is 1. The molecule has 0 aliphatic carbocycles. The molecule has 0 aromatic rings. The number of thioether (sulfide) groups is 1. The summed E-state index contributed by atoms with van der Waals surface area (Å²) in [5, 5.41) is 0. The van der Waals surface area contributed by atoms with E-state index in [9.17, 15) is 9.59 Å². The van der Waals surface area contributed by atoms with Gasteiger partial charge < -0.3 is 0 Å². The van der Waals surface area contributed by atoms with E-state index in [1.165, 1.54) is 18.8 Å². The zero-order chi connectivity index (χ0) is 13.9. The summed E-state index contributed by atoms with van der Waals surface area (Å²) in [6, 6.07) is 0. The number of amides is 2. The number of rotatable bonds is 5. The molecule has 1 aliphatic rings. The van der Waals surface area contributed by atoms with E-state index in [2.05, 4.69) is 25.8 Å². The van der Waals surface area contributed by atoms with Gasteiger partial charge in [0.25, 0.3) is 11.8 Å². The molecule has 1 rings (SSSR count). The van der Waals surface area contributed by atoms with Crippen LogP contribution in [0.5, 0.6) is 0 Å². The zero-order valence-electron chi connectivity index (χ0n) is 11.6. The Labute approximate surface area is 113 Å².